The molecule has 0 spiro atoms. The highest BCUT2D eigenvalue weighted by atomic mass is 16.2. The van der Waals surface area contributed by atoms with Crippen molar-refractivity contribution in [3.63, 3.8) is 0 Å². The number of nitrogens with two attached hydrogens (primary N) is 1. The van der Waals surface area contributed by atoms with Gasteiger partial charge in [0.1, 0.15) is 11.4 Å². The molecule has 1 heterocycles. The fraction of sp³-hybridized carbons (Fsp3) is 0.571. The summed E-state index contributed by atoms with van der Waals surface area (Å²) < 4.78 is 0. The molecule has 0 unspecified atom stereocenters. The molecular weight excluding hydrogens is 270 g/mol. The number of anilines is 1. The van der Waals surface area contributed by atoms with E-state index < -0.39 is 17.4 Å². The number of nitrogens with one attached hydrogen (secondary N) is 2. The molecule has 0 radical (unpaired) electrons. The van der Waals surface area contributed by atoms with Crippen molar-refractivity contribution in [1.29, 1.82) is 0 Å². The zero-order valence-corrected chi connectivity index (χ0v) is 13.2. The molecule has 0 aliphatic carbocycles. The molecule has 116 valence electrons. The predicted octanol–water partition coefficient (Wildman–Crippen LogP) is 1.03. The van der Waals surface area contributed by atoms with Gasteiger partial charge in [0.2, 0.25) is 5.91 Å². The number of primary amides is 1. The fourth-order valence-corrected chi connectivity index (χ4v) is 1.57. The number of amides is 2. The summed E-state index contributed by atoms with van der Waals surface area (Å²) in [4.78, 5) is 32.2. The van der Waals surface area contributed by atoms with Gasteiger partial charge in [0.05, 0.1) is 11.9 Å². The molecular formula is C14H23N5O2. The number of rotatable bonds is 6. The first-order valence-corrected chi connectivity index (χ1v) is 6.92. The standard InChI is InChI=1S/C14H23N5O2/c1-6-16-9-7-17-11(8(2)3)18-10(9)12(20)19-14(4,5)13(15)21/h7-8,16H,6H2,1-5H3,(H2,15,21)(H,19,20). The molecule has 0 bridgehead atoms. The van der Waals surface area contributed by atoms with E-state index in [4.69, 9.17) is 5.73 Å². The highest BCUT2D eigenvalue weighted by molar-refractivity contribution is 6.00. The molecule has 7 heteroatoms. The van der Waals surface area contributed by atoms with Gasteiger partial charge in [-0.25, -0.2) is 9.97 Å². The van der Waals surface area contributed by atoms with E-state index in [0.717, 1.165) is 0 Å². The summed E-state index contributed by atoms with van der Waals surface area (Å²) in [7, 11) is 0. The molecule has 1 rings (SSSR count). The maximum Gasteiger partial charge on any atom is 0.273 e. The minimum absolute atomic E-state index is 0.0939. The second-order valence-corrected chi connectivity index (χ2v) is 5.62. The first-order valence-electron chi connectivity index (χ1n) is 6.92. The quantitative estimate of drug-likeness (QED) is 0.725. The maximum atomic E-state index is 12.4. The summed E-state index contributed by atoms with van der Waals surface area (Å²) in [6.45, 7) is 9.51. The molecule has 0 aliphatic rings. The molecule has 0 fully saturated rings. The van der Waals surface area contributed by atoms with Crippen molar-refractivity contribution in [3.05, 3.63) is 17.7 Å². The van der Waals surface area contributed by atoms with Crippen LogP contribution in [0, 0.1) is 0 Å². The van der Waals surface area contributed by atoms with E-state index >= 15 is 0 Å². The lowest BCUT2D eigenvalue weighted by atomic mass is 10.0. The van der Waals surface area contributed by atoms with Crippen LogP contribution in [-0.2, 0) is 4.79 Å². The zero-order chi connectivity index (χ0) is 16.2. The van der Waals surface area contributed by atoms with Gasteiger partial charge in [0, 0.05) is 12.5 Å². The number of hydrogen-bond donors (Lipinski definition) is 3. The van der Waals surface area contributed by atoms with Crippen molar-refractivity contribution in [2.24, 2.45) is 5.73 Å². The average Bonchev–Trinajstić information content (AvgIpc) is 2.38. The molecule has 7 nitrogen and oxygen atoms in total. The third-order valence-corrected chi connectivity index (χ3v) is 2.95. The van der Waals surface area contributed by atoms with E-state index in [0.29, 0.717) is 18.1 Å². The van der Waals surface area contributed by atoms with Gasteiger partial charge >= 0.3 is 0 Å². The van der Waals surface area contributed by atoms with Crippen LogP contribution in [0.1, 0.15) is 56.8 Å². The molecule has 0 atom stereocenters. The Bertz CT molecular complexity index is 540. The van der Waals surface area contributed by atoms with Crippen LogP contribution >= 0.6 is 0 Å². The molecule has 1 aromatic rings. The zero-order valence-electron chi connectivity index (χ0n) is 13.2. The molecule has 0 saturated carbocycles. The third kappa shape index (κ3) is 4.14. The third-order valence-electron chi connectivity index (χ3n) is 2.95. The van der Waals surface area contributed by atoms with Crippen LogP contribution in [-0.4, -0.2) is 33.9 Å². The van der Waals surface area contributed by atoms with Crippen molar-refractivity contribution in [2.75, 3.05) is 11.9 Å². The lowest BCUT2D eigenvalue weighted by Crippen LogP contribution is -2.53. The lowest BCUT2D eigenvalue weighted by Gasteiger charge is -2.23. The SMILES string of the molecule is CCNc1cnc(C(C)C)nc1C(=O)NC(C)(C)C(N)=O. The normalized spacial score (nSPS) is 11.3. The molecule has 0 saturated heterocycles. The molecule has 2 amide bonds. The molecule has 4 N–H and O–H groups in total. The average molecular weight is 293 g/mol. The van der Waals surface area contributed by atoms with Crippen LogP contribution < -0.4 is 16.4 Å². The van der Waals surface area contributed by atoms with Gasteiger partial charge in [-0.2, -0.15) is 0 Å². The summed E-state index contributed by atoms with van der Waals surface area (Å²) >= 11 is 0. The predicted molar refractivity (Wildman–Crippen MR) is 81.0 cm³/mol. The Kier molecular flexibility index (Phi) is 5.23. The van der Waals surface area contributed by atoms with Gasteiger partial charge in [0.15, 0.2) is 5.69 Å². The van der Waals surface area contributed by atoms with E-state index in [-0.39, 0.29) is 11.6 Å². The van der Waals surface area contributed by atoms with Crippen LogP contribution in [0.15, 0.2) is 6.20 Å². The van der Waals surface area contributed by atoms with E-state index in [9.17, 15) is 9.59 Å². The number of nitrogens with zero attached hydrogens (tertiary/aromatic N) is 2. The van der Waals surface area contributed by atoms with Gasteiger partial charge in [-0.3, -0.25) is 9.59 Å². The Morgan fingerprint density at radius 2 is 2.00 bits per heavy atom. The van der Waals surface area contributed by atoms with Crippen LogP contribution in [0.5, 0.6) is 0 Å². The molecule has 0 aliphatic heterocycles. The fourth-order valence-electron chi connectivity index (χ4n) is 1.57. The highest BCUT2D eigenvalue weighted by Gasteiger charge is 2.29. The van der Waals surface area contributed by atoms with Gasteiger partial charge in [0.25, 0.3) is 5.91 Å². The Morgan fingerprint density at radius 3 is 2.48 bits per heavy atom. The number of carbonyl (C=O) groups excluding carboxylic acids is 2. The second-order valence-electron chi connectivity index (χ2n) is 5.62. The first-order chi connectivity index (χ1) is 9.69. The number of carbonyl (C=O) groups is 2. The van der Waals surface area contributed by atoms with Crippen molar-refractivity contribution >= 4 is 17.5 Å². The van der Waals surface area contributed by atoms with Crippen molar-refractivity contribution in [3.8, 4) is 0 Å². The monoisotopic (exact) mass is 293 g/mol. The Hall–Kier alpha value is -2.18. The minimum Gasteiger partial charge on any atom is -0.382 e. The van der Waals surface area contributed by atoms with Crippen molar-refractivity contribution in [2.45, 2.75) is 46.1 Å². The second kappa shape index (κ2) is 6.51. The summed E-state index contributed by atoms with van der Waals surface area (Å²) in [5.74, 6) is -0.409. The number of hydrogen-bond acceptors (Lipinski definition) is 5. The van der Waals surface area contributed by atoms with E-state index in [1.54, 1.807) is 20.0 Å². The van der Waals surface area contributed by atoms with Crippen LogP contribution in [0.25, 0.3) is 0 Å². The lowest BCUT2D eigenvalue weighted by molar-refractivity contribution is -0.122. The van der Waals surface area contributed by atoms with Gasteiger partial charge in [-0.15, -0.1) is 0 Å². The Balaban J connectivity index is 3.16. The molecule has 1 aromatic heterocycles. The Labute approximate surface area is 124 Å². The first kappa shape index (κ1) is 16.9. The van der Waals surface area contributed by atoms with E-state index in [2.05, 4.69) is 20.6 Å². The topological polar surface area (TPSA) is 110 Å². The van der Waals surface area contributed by atoms with E-state index in [1.807, 2.05) is 20.8 Å². The van der Waals surface area contributed by atoms with Crippen LogP contribution in [0.4, 0.5) is 5.69 Å². The van der Waals surface area contributed by atoms with Gasteiger partial charge in [-0.1, -0.05) is 13.8 Å². The summed E-state index contributed by atoms with van der Waals surface area (Å²) in [6.07, 6.45) is 1.58. The summed E-state index contributed by atoms with van der Waals surface area (Å²) in [6, 6.07) is 0. The summed E-state index contributed by atoms with van der Waals surface area (Å²) in [5, 5.41) is 5.63. The number of aromatic nitrogens is 2. The van der Waals surface area contributed by atoms with Crippen molar-refractivity contribution in [1.82, 2.24) is 15.3 Å². The largest absolute Gasteiger partial charge is 0.382 e. The van der Waals surface area contributed by atoms with Crippen molar-refractivity contribution < 1.29 is 9.59 Å². The minimum atomic E-state index is -1.15. The van der Waals surface area contributed by atoms with Crippen LogP contribution in [0.2, 0.25) is 0 Å². The molecule has 0 aromatic carbocycles. The van der Waals surface area contributed by atoms with E-state index in [1.165, 1.54) is 0 Å². The van der Waals surface area contributed by atoms with Crippen LogP contribution in [0.3, 0.4) is 0 Å². The van der Waals surface area contributed by atoms with Gasteiger partial charge in [-0.05, 0) is 20.8 Å². The highest BCUT2D eigenvalue weighted by Crippen LogP contribution is 2.17. The molecule has 21 heavy (non-hydrogen) atoms. The Morgan fingerprint density at radius 1 is 1.38 bits per heavy atom. The maximum absolute atomic E-state index is 12.4. The summed E-state index contributed by atoms with van der Waals surface area (Å²) in [5.41, 5.74) is 4.86. The van der Waals surface area contributed by atoms with Gasteiger partial charge < -0.3 is 16.4 Å². The smallest absolute Gasteiger partial charge is 0.273 e.